The molecule has 0 aromatic carbocycles. The summed E-state index contributed by atoms with van der Waals surface area (Å²) in [6, 6.07) is 0. The third-order valence-electron chi connectivity index (χ3n) is 9.84. The summed E-state index contributed by atoms with van der Waals surface area (Å²) in [6.45, 7) is 6.71. The zero-order valence-corrected chi connectivity index (χ0v) is 31.8. The van der Waals surface area contributed by atoms with Crippen LogP contribution in [0.5, 0.6) is 0 Å². The van der Waals surface area contributed by atoms with E-state index in [-0.39, 0.29) is 12.5 Å². The molecule has 0 spiro atoms. The first-order valence-electron chi connectivity index (χ1n) is 19.1. The third kappa shape index (κ3) is 13.5. The molecule has 0 amide bonds. The molecular formula is C36H62O18. The third-order valence-corrected chi connectivity index (χ3v) is 9.84. The first-order chi connectivity index (χ1) is 25.5. The van der Waals surface area contributed by atoms with Gasteiger partial charge in [0.15, 0.2) is 31.1 Å². The molecule has 0 saturated carbocycles. The van der Waals surface area contributed by atoms with E-state index >= 15 is 0 Å². The Kier molecular flexibility index (Phi) is 19.4. The van der Waals surface area contributed by atoms with Crippen molar-refractivity contribution in [2.24, 2.45) is 0 Å². The van der Waals surface area contributed by atoms with Crippen molar-refractivity contribution in [3.05, 3.63) is 0 Å². The summed E-state index contributed by atoms with van der Waals surface area (Å²) < 4.78 is 45.2. The normalized spacial score (nSPS) is 37.7. The molecule has 0 aromatic heterocycles. The fraction of sp³-hybridized carbons (Fsp3) is 0.917. The highest BCUT2D eigenvalue weighted by Crippen LogP contribution is 2.35. The second-order valence-corrected chi connectivity index (χ2v) is 14.4. The number of hydrogen-bond acceptors (Lipinski definition) is 18. The molecule has 0 unspecified atom stereocenters. The summed E-state index contributed by atoms with van der Waals surface area (Å²) in [6.07, 6.45) is -15.2. The lowest BCUT2D eigenvalue weighted by Gasteiger charge is -2.48. The van der Waals surface area contributed by atoms with Crippen LogP contribution in [0.4, 0.5) is 0 Å². The largest absolute Gasteiger partial charge is 0.463 e. The minimum absolute atomic E-state index is 0.0498. The molecule has 3 aliphatic heterocycles. The molecular weight excluding hydrogens is 720 g/mol. The quantitative estimate of drug-likeness (QED) is 0.0481. The van der Waals surface area contributed by atoms with E-state index in [0.29, 0.717) is 12.8 Å². The van der Waals surface area contributed by atoms with Gasteiger partial charge in [-0.15, -0.1) is 0 Å². The molecule has 0 aliphatic carbocycles. The van der Waals surface area contributed by atoms with Crippen LogP contribution in [0.2, 0.25) is 0 Å². The van der Waals surface area contributed by atoms with Gasteiger partial charge in [-0.1, -0.05) is 51.9 Å². The summed E-state index contributed by atoms with van der Waals surface area (Å²) in [7, 11) is 0. The van der Waals surface area contributed by atoms with Gasteiger partial charge in [-0.05, 0) is 33.1 Å². The molecule has 3 fully saturated rings. The molecule has 3 heterocycles. The molecule has 0 aromatic rings. The van der Waals surface area contributed by atoms with E-state index < -0.39 is 117 Å². The Hall–Kier alpha value is -2.07. The maximum absolute atomic E-state index is 13.4. The number of carbonyl (C=O) groups is 3. The lowest BCUT2D eigenvalue weighted by molar-refractivity contribution is -0.379. The molecule has 54 heavy (non-hydrogen) atoms. The molecule has 18 nitrogen and oxygen atoms in total. The van der Waals surface area contributed by atoms with Gasteiger partial charge in [-0.25, -0.2) is 0 Å². The lowest BCUT2D eigenvalue weighted by Crippen LogP contribution is -2.66. The fourth-order valence-electron chi connectivity index (χ4n) is 6.78. The SMILES string of the molecule is CCC[C@H](O)CCCCCCCCCC(=O)O[C@H]1[C@H](O[C@@H]2[C@@H](O)[C@H](O)[C@@H](COC(C)=O)O[C@H]2O)O[C@@H](C)[C@H](OC(C)=O)[C@H]1O[C@@H]1O[C@@H](C)[C@H](O)[C@@H](O)[C@H]1O. The van der Waals surface area contributed by atoms with Gasteiger partial charge < -0.3 is 73.6 Å². The second-order valence-electron chi connectivity index (χ2n) is 14.4. The van der Waals surface area contributed by atoms with Gasteiger partial charge in [-0.3, -0.25) is 14.4 Å². The minimum atomic E-state index is -1.91. The van der Waals surface area contributed by atoms with Crippen LogP contribution in [0.25, 0.3) is 0 Å². The van der Waals surface area contributed by atoms with Gasteiger partial charge >= 0.3 is 17.9 Å². The monoisotopic (exact) mass is 782 g/mol. The minimum Gasteiger partial charge on any atom is -0.463 e. The molecule has 18 heteroatoms. The van der Waals surface area contributed by atoms with Crippen molar-refractivity contribution in [2.75, 3.05) is 6.61 Å². The lowest BCUT2D eigenvalue weighted by atomic mass is 9.96. The molecule has 3 aliphatic rings. The Morgan fingerprint density at radius 3 is 1.85 bits per heavy atom. The number of esters is 3. The number of ether oxygens (including phenoxy) is 8. The van der Waals surface area contributed by atoms with Crippen LogP contribution in [0, 0.1) is 0 Å². The Morgan fingerprint density at radius 1 is 0.611 bits per heavy atom. The van der Waals surface area contributed by atoms with Crippen LogP contribution < -0.4 is 0 Å². The Balaban J connectivity index is 1.77. The highest BCUT2D eigenvalue weighted by Gasteiger charge is 2.55. The average molecular weight is 783 g/mol. The molecule has 7 N–H and O–H groups in total. The first-order valence-corrected chi connectivity index (χ1v) is 19.1. The standard InChI is InChI=1S/C36H62O18/c1-6-14-22(39)15-12-10-8-7-9-11-13-16-24(40)52-33-32(54-35-29(45)27(43)25(41)18(2)48-35)30(50-21(5)38)19(3)49-36(33)53-31-28(44)26(42)23(51-34(31)46)17-47-20(4)37/h18-19,22-23,25-36,39,41-46H,6-17H2,1-5H3/t18-,19-,22-,23+,25-,26+,27+,28-,29+,30-,31+,32+,33+,34+,35-,36-/m0/s1. The van der Waals surface area contributed by atoms with E-state index in [1.807, 2.05) is 6.92 Å². The topological polar surface area (TPSA) is 267 Å². The number of aliphatic hydroxyl groups excluding tert-OH is 7. The van der Waals surface area contributed by atoms with Crippen molar-refractivity contribution >= 4 is 17.9 Å². The van der Waals surface area contributed by atoms with Crippen molar-refractivity contribution in [2.45, 2.75) is 203 Å². The maximum atomic E-state index is 13.4. The summed E-state index contributed by atoms with van der Waals surface area (Å²) in [4.78, 5) is 36.9. The Labute approximate surface area is 315 Å². The zero-order valence-electron chi connectivity index (χ0n) is 31.8. The number of unbranched alkanes of at least 4 members (excludes halogenated alkanes) is 6. The Bertz CT molecular complexity index is 1140. The van der Waals surface area contributed by atoms with Crippen molar-refractivity contribution in [3.8, 4) is 0 Å². The van der Waals surface area contributed by atoms with E-state index in [1.54, 1.807) is 0 Å². The van der Waals surface area contributed by atoms with Gasteiger partial charge in [0.2, 0.25) is 0 Å². The summed E-state index contributed by atoms with van der Waals surface area (Å²) in [5.41, 5.74) is 0. The van der Waals surface area contributed by atoms with E-state index in [4.69, 9.17) is 37.9 Å². The summed E-state index contributed by atoms with van der Waals surface area (Å²) >= 11 is 0. The number of hydrogen-bond donors (Lipinski definition) is 7. The molecule has 0 radical (unpaired) electrons. The second kappa shape index (κ2) is 22.6. The van der Waals surface area contributed by atoms with Gasteiger partial charge in [0.25, 0.3) is 0 Å². The molecule has 3 rings (SSSR count). The smallest absolute Gasteiger partial charge is 0.306 e. The first kappa shape index (κ1) is 46.3. The fourth-order valence-corrected chi connectivity index (χ4v) is 6.78. The van der Waals surface area contributed by atoms with Crippen LogP contribution in [0.3, 0.4) is 0 Å². The predicted octanol–water partition coefficient (Wildman–Crippen LogP) is -0.153. The molecule has 0 bridgehead atoms. The summed E-state index contributed by atoms with van der Waals surface area (Å²) in [5.74, 6) is -2.19. The number of aliphatic hydroxyl groups is 7. The molecule has 3 saturated heterocycles. The van der Waals surface area contributed by atoms with E-state index in [2.05, 4.69) is 0 Å². The van der Waals surface area contributed by atoms with Crippen molar-refractivity contribution in [1.82, 2.24) is 0 Å². The predicted molar refractivity (Wildman–Crippen MR) is 184 cm³/mol. The van der Waals surface area contributed by atoms with Gasteiger partial charge in [0.1, 0.15) is 55.4 Å². The van der Waals surface area contributed by atoms with Crippen LogP contribution in [0.15, 0.2) is 0 Å². The average Bonchev–Trinajstić information content (AvgIpc) is 3.10. The Morgan fingerprint density at radius 2 is 1.22 bits per heavy atom. The molecule has 314 valence electrons. The van der Waals surface area contributed by atoms with Crippen molar-refractivity contribution in [1.29, 1.82) is 0 Å². The van der Waals surface area contributed by atoms with Gasteiger partial charge in [0.05, 0.1) is 18.3 Å². The van der Waals surface area contributed by atoms with Gasteiger partial charge in [-0.2, -0.15) is 0 Å². The van der Waals surface area contributed by atoms with E-state index in [0.717, 1.165) is 65.2 Å². The van der Waals surface area contributed by atoms with E-state index in [9.17, 15) is 50.1 Å². The van der Waals surface area contributed by atoms with Crippen LogP contribution in [0.1, 0.15) is 105 Å². The highest BCUT2D eigenvalue weighted by molar-refractivity contribution is 5.69. The van der Waals surface area contributed by atoms with E-state index in [1.165, 1.54) is 13.8 Å². The zero-order chi connectivity index (χ0) is 40.1. The van der Waals surface area contributed by atoms with Crippen LogP contribution in [-0.4, -0.2) is 158 Å². The number of carbonyl (C=O) groups excluding carboxylic acids is 3. The van der Waals surface area contributed by atoms with Gasteiger partial charge in [0, 0.05) is 20.3 Å². The summed E-state index contributed by atoms with van der Waals surface area (Å²) in [5, 5.41) is 73.9. The maximum Gasteiger partial charge on any atom is 0.306 e. The molecule has 16 atom stereocenters. The van der Waals surface area contributed by atoms with Crippen LogP contribution >= 0.6 is 0 Å². The highest BCUT2D eigenvalue weighted by atomic mass is 16.8. The number of rotatable bonds is 20. The van der Waals surface area contributed by atoms with Crippen molar-refractivity contribution < 1.29 is 88.0 Å². The van der Waals surface area contributed by atoms with Crippen molar-refractivity contribution in [3.63, 3.8) is 0 Å². The van der Waals surface area contributed by atoms with Crippen LogP contribution in [-0.2, 0) is 52.3 Å².